The van der Waals surface area contributed by atoms with Crippen molar-refractivity contribution < 1.29 is 4.79 Å². The molecule has 1 heteroatoms. The first-order valence-electron chi connectivity index (χ1n) is 5.50. The molecule has 0 amide bonds. The normalized spacial score (nSPS) is 24.9. The fraction of sp³-hybridized carbons (Fsp3) is 0.769. The van der Waals surface area contributed by atoms with Gasteiger partial charge in [0.2, 0.25) is 0 Å². The van der Waals surface area contributed by atoms with Crippen LogP contribution < -0.4 is 0 Å². The average Bonchev–Trinajstić information content (AvgIpc) is 2.13. The Morgan fingerprint density at radius 3 is 2.71 bits per heavy atom. The molecule has 0 bridgehead atoms. The van der Waals surface area contributed by atoms with Gasteiger partial charge in [-0.2, -0.15) is 0 Å². The maximum atomic E-state index is 11.9. The highest BCUT2D eigenvalue weighted by molar-refractivity contribution is 5.84. The Kier molecular flexibility index (Phi) is 3.75. The number of rotatable bonds is 2. The molecule has 0 aliphatic heterocycles. The molecule has 0 aromatic rings. The van der Waals surface area contributed by atoms with Gasteiger partial charge in [0.1, 0.15) is 5.78 Å². The average molecular weight is 192 g/mol. The van der Waals surface area contributed by atoms with Gasteiger partial charge in [0.25, 0.3) is 0 Å². The van der Waals surface area contributed by atoms with Crippen molar-refractivity contribution in [3.8, 4) is 11.8 Å². The van der Waals surface area contributed by atoms with Crippen LogP contribution >= 0.6 is 0 Å². The third-order valence-electron chi connectivity index (χ3n) is 3.34. The molecule has 1 aliphatic rings. The molecule has 0 aromatic heterocycles. The number of hydrogen-bond acceptors (Lipinski definition) is 1. The Labute approximate surface area is 87.3 Å². The summed E-state index contributed by atoms with van der Waals surface area (Å²) >= 11 is 0. The molecule has 0 aromatic carbocycles. The van der Waals surface area contributed by atoms with E-state index in [1.165, 1.54) is 19.3 Å². The van der Waals surface area contributed by atoms with Crippen LogP contribution in [0.2, 0.25) is 0 Å². The number of carbonyl (C=O) groups is 1. The fourth-order valence-electron chi connectivity index (χ4n) is 2.39. The van der Waals surface area contributed by atoms with E-state index in [0.717, 1.165) is 6.42 Å². The summed E-state index contributed by atoms with van der Waals surface area (Å²) in [7, 11) is 0. The maximum Gasteiger partial charge on any atom is 0.148 e. The smallest absolute Gasteiger partial charge is 0.148 e. The Balaban J connectivity index is 2.63. The lowest BCUT2D eigenvalue weighted by Gasteiger charge is -2.37. The van der Waals surface area contributed by atoms with Crippen molar-refractivity contribution in [3.05, 3.63) is 0 Å². The number of hydrogen-bond donors (Lipinski definition) is 0. The van der Waals surface area contributed by atoms with Gasteiger partial charge in [-0.25, -0.2) is 0 Å². The van der Waals surface area contributed by atoms with Crippen molar-refractivity contribution in [2.45, 2.75) is 52.9 Å². The lowest BCUT2D eigenvalue weighted by Crippen LogP contribution is -2.33. The molecule has 1 aliphatic carbocycles. The predicted octanol–water partition coefficient (Wildman–Crippen LogP) is 3.19. The molecule has 1 fully saturated rings. The number of ketones is 1. The molecule has 0 saturated heterocycles. The molecule has 1 rings (SSSR count). The molecule has 78 valence electrons. The quantitative estimate of drug-likeness (QED) is 0.614. The largest absolute Gasteiger partial charge is 0.298 e. The summed E-state index contributed by atoms with van der Waals surface area (Å²) in [6.45, 7) is 6.22. The zero-order valence-corrected chi connectivity index (χ0v) is 9.52. The van der Waals surface area contributed by atoms with Crippen LogP contribution in [0.15, 0.2) is 0 Å². The van der Waals surface area contributed by atoms with Crippen LogP contribution in [0.1, 0.15) is 52.9 Å². The number of carbonyl (C=O) groups excluding carboxylic acids is 1. The minimum absolute atomic E-state index is 0.199. The Bertz CT molecular complexity index is 265. The highest BCUT2D eigenvalue weighted by atomic mass is 16.1. The summed E-state index contributed by atoms with van der Waals surface area (Å²) in [6.07, 6.45) is 5.18. The zero-order valence-electron chi connectivity index (χ0n) is 9.52. The van der Waals surface area contributed by atoms with Crippen LogP contribution in [0.5, 0.6) is 0 Å². The molecular weight excluding hydrogens is 172 g/mol. The maximum absolute atomic E-state index is 11.9. The molecule has 0 spiro atoms. The van der Waals surface area contributed by atoms with Gasteiger partial charge in [-0.3, -0.25) is 4.79 Å². The van der Waals surface area contributed by atoms with Gasteiger partial charge in [-0.15, -0.1) is 5.92 Å². The van der Waals surface area contributed by atoms with Gasteiger partial charge in [0.15, 0.2) is 0 Å². The summed E-state index contributed by atoms with van der Waals surface area (Å²) in [5.41, 5.74) is 0.199. The molecule has 0 N–H and O–H groups in total. The van der Waals surface area contributed by atoms with Gasteiger partial charge < -0.3 is 0 Å². The van der Waals surface area contributed by atoms with Crippen LogP contribution in [0.4, 0.5) is 0 Å². The van der Waals surface area contributed by atoms with Crippen molar-refractivity contribution in [2.75, 3.05) is 0 Å². The molecule has 14 heavy (non-hydrogen) atoms. The van der Waals surface area contributed by atoms with E-state index in [9.17, 15) is 4.79 Å². The van der Waals surface area contributed by atoms with E-state index in [4.69, 9.17) is 0 Å². The summed E-state index contributed by atoms with van der Waals surface area (Å²) < 4.78 is 0. The van der Waals surface area contributed by atoms with E-state index in [1.54, 1.807) is 6.92 Å². The Morgan fingerprint density at radius 1 is 1.43 bits per heavy atom. The van der Waals surface area contributed by atoms with Crippen LogP contribution in [-0.4, -0.2) is 5.78 Å². The van der Waals surface area contributed by atoms with Crippen LogP contribution in [0.3, 0.4) is 0 Å². The molecule has 0 heterocycles. The standard InChI is InChI=1S/C13H20O/c1-4-5-9-12(14)11-8-6-7-10-13(11,2)3/h11H,6-10H2,1-3H3. The van der Waals surface area contributed by atoms with Crippen molar-refractivity contribution >= 4 is 5.78 Å². The van der Waals surface area contributed by atoms with Crippen molar-refractivity contribution in [1.29, 1.82) is 0 Å². The third-order valence-corrected chi connectivity index (χ3v) is 3.34. The van der Waals surface area contributed by atoms with Crippen molar-refractivity contribution in [2.24, 2.45) is 11.3 Å². The molecule has 1 unspecified atom stereocenters. The van der Waals surface area contributed by atoms with E-state index in [-0.39, 0.29) is 11.3 Å². The third kappa shape index (κ3) is 2.61. The molecular formula is C13H20O. The van der Waals surface area contributed by atoms with Crippen LogP contribution in [0.25, 0.3) is 0 Å². The van der Waals surface area contributed by atoms with Gasteiger partial charge in [-0.05, 0) is 25.2 Å². The summed E-state index contributed by atoms with van der Waals surface area (Å²) in [5.74, 6) is 6.28. The molecule has 1 saturated carbocycles. The van der Waals surface area contributed by atoms with E-state index < -0.39 is 0 Å². The summed E-state index contributed by atoms with van der Waals surface area (Å²) in [4.78, 5) is 11.9. The van der Waals surface area contributed by atoms with E-state index in [0.29, 0.717) is 12.2 Å². The summed E-state index contributed by atoms with van der Waals surface area (Å²) in [5, 5.41) is 0. The van der Waals surface area contributed by atoms with Crippen molar-refractivity contribution in [1.82, 2.24) is 0 Å². The zero-order chi connectivity index (χ0) is 10.6. The second-order valence-corrected chi connectivity index (χ2v) is 4.86. The first kappa shape index (κ1) is 11.3. The van der Waals surface area contributed by atoms with Crippen LogP contribution in [-0.2, 0) is 4.79 Å². The second-order valence-electron chi connectivity index (χ2n) is 4.86. The van der Waals surface area contributed by atoms with Gasteiger partial charge >= 0.3 is 0 Å². The predicted molar refractivity (Wildman–Crippen MR) is 58.8 cm³/mol. The van der Waals surface area contributed by atoms with E-state index >= 15 is 0 Å². The molecule has 0 radical (unpaired) electrons. The minimum Gasteiger partial charge on any atom is -0.298 e. The van der Waals surface area contributed by atoms with E-state index in [2.05, 4.69) is 25.7 Å². The molecule has 1 atom stereocenters. The topological polar surface area (TPSA) is 17.1 Å². The fourth-order valence-corrected chi connectivity index (χ4v) is 2.39. The Hall–Kier alpha value is -0.770. The summed E-state index contributed by atoms with van der Waals surface area (Å²) in [6, 6.07) is 0. The Morgan fingerprint density at radius 2 is 2.14 bits per heavy atom. The minimum atomic E-state index is 0.199. The highest BCUT2D eigenvalue weighted by Crippen LogP contribution is 2.41. The van der Waals surface area contributed by atoms with Gasteiger partial charge in [-0.1, -0.05) is 32.6 Å². The second kappa shape index (κ2) is 4.64. The molecule has 1 nitrogen and oxygen atoms in total. The highest BCUT2D eigenvalue weighted by Gasteiger charge is 2.36. The van der Waals surface area contributed by atoms with Crippen molar-refractivity contribution in [3.63, 3.8) is 0 Å². The SMILES string of the molecule is CC#CCC(=O)C1CCCCC1(C)C. The van der Waals surface area contributed by atoms with Gasteiger partial charge in [0.05, 0.1) is 6.42 Å². The monoisotopic (exact) mass is 192 g/mol. The first-order valence-corrected chi connectivity index (χ1v) is 5.50. The number of Topliss-reactive ketones (excluding diaryl/α,β-unsaturated/α-hetero) is 1. The lowest BCUT2D eigenvalue weighted by atomic mass is 9.67. The van der Waals surface area contributed by atoms with Crippen LogP contribution in [0, 0.1) is 23.2 Å². The lowest BCUT2D eigenvalue weighted by molar-refractivity contribution is -0.126. The van der Waals surface area contributed by atoms with E-state index in [1.807, 2.05) is 0 Å². The first-order chi connectivity index (χ1) is 6.58. The van der Waals surface area contributed by atoms with Gasteiger partial charge in [0, 0.05) is 5.92 Å².